The third-order valence-electron chi connectivity index (χ3n) is 4.47. The van der Waals surface area contributed by atoms with Crippen molar-refractivity contribution in [3.8, 4) is 11.4 Å². The molecule has 6 heteroatoms. The molecule has 1 atom stereocenters. The molecule has 0 spiro atoms. The van der Waals surface area contributed by atoms with Crippen LogP contribution >= 0.6 is 11.6 Å². The normalized spacial score (nSPS) is 11.8. The van der Waals surface area contributed by atoms with Gasteiger partial charge in [-0.3, -0.25) is 4.79 Å². The van der Waals surface area contributed by atoms with Gasteiger partial charge in [-0.2, -0.15) is 4.98 Å². The summed E-state index contributed by atoms with van der Waals surface area (Å²) in [4.78, 5) is 17.2. The van der Waals surface area contributed by atoms with E-state index < -0.39 is 6.04 Å². The Morgan fingerprint density at radius 1 is 0.931 bits per heavy atom. The molecule has 0 fully saturated rings. The Balaban J connectivity index is 1.61. The van der Waals surface area contributed by atoms with Crippen molar-refractivity contribution in [3.63, 3.8) is 0 Å². The molecule has 29 heavy (non-hydrogen) atoms. The Bertz CT molecular complexity index is 1080. The van der Waals surface area contributed by atoms with Crippen LogP contribution in [0.4, 0.5) is 0 Å². The molecule has 5 nitrogen and oxygen atoms in total. The highest BCUT2D eigenvalue weighted by Gasteiger charge is 2.23. The van der Waals surface area contributed by atoms with Gasteiger partial charge >= 0.3 is 0 Å². The van der Waals surface area contributed by atoms with Crippen LogP contribution in [-0.2, 0) is 6.42 Å². The van der Waals surface area contributed by atoms with E-state index in [1.54, 1.807) is 24.3 Å². The van der Waals surface area contributed by atoms with Crippen LogP contribution in [0.3, 0.4) is 0 Å². The van der Waals surface area contributed by atoms with Crippen molar-refractivity contribution in [3.05, 3.63) is 107 Å². The van der Waals surface area contributed by atoms with Gasteiger partial charge in [-0.1, -0.05) is 65.3 Å². The number of benzene rings is 3. The molecule has 1 amide bonds. The van der Waals surface area contributed by atoms with Crippen LogP contribution in [0.25, 0.3) is 11.4 Å². The molecular weight excluding hydrogens is 386 g/mol. The summed E-state index contributed by atoms with van der Waals surface area (Å²) in [6.07, 6.45) is 0.529. The number of hydrogen-bond acceptors (Lipinski definition) is 4. The van der Waals surface area contributed by atoms with Crippen LogP contribution in [0, 0.1) is 0 Å². The van der Waals surface area contributed by atoms with Gasteiger partial charge in [0.2, 0.25) is 11.7 Å². The Labute approximate surface area is 173 Å². The van der Waals surface area contributed by atoms with E-state index in [1.807, 2.05) is 60.7 Å². The lowest BCUT2D eigenvalue weighted by Gasteiger charge is -2.15. The van der Waals surface area contributed by atoms with Crippen LogP contribution in [0.1, 0.15) is 27.9 Å². The molecule has 0 saturated carbocycles. The second kappa shape index (κ2) is 8.71. The van der Waals surface area contributed by atoms with Crippen LogP contribution < -0.4 is 5.32 Å². The average molecular weight is 404 g/mol. The van der Waals surface area contributed by atoms with E-state index in [2.05, 4.69) is 15.5 Å². The SMILES string of the molecule is O=C(N[C@@H](Cc1ccccc1)c1nc(-c2ccc(Cl)cc2)no1)c1ccccc1. The maximum absolute atomic E-state index is 12.7. The summed E-state index contributed by atoms with van der Waals surface area (Å²) < 4.78 is 5.51. The molecule has 0 aliphatic heterocycles. The smallest absolute Gasteiger partial charge is 0.251 e. The Kier molecular flexibility index (Phi) is 5.68. The Morgan fingerprint density at radius 3 is 2.28 bits per heavy atom. The van der Waals surface area contributed by atoms with Gasteiger partial charge in [0.25, 0.3) is 5.91 Å². The van der Waals surface area contributed by atoms with Crippen LogP contribution in [0.15, 0.2) is 89.5 Å². The minimum Gasteiger partial charge on any atom is -0.340 e. The highest BCUT2D eigenvalue weighted by Crippen LogP contribution is 2.23. The summed E-state index contributed by atoms with van der Waals surface area (Å²) >= 11 is 5.95. The molecule has 4 aromatic rings. The van der Waals surface area contributed by atoms with Crippen LogP contribution in [0.2, 0.25) is 5.02 Å². The molecule has 0 bridgehead atoms. The van der Waals surface area contributed by atoms with Gasteiger partial charge in [-0.05, 0) is 42.0 Å². The molecule has 4 rings (SSSR count). The molecule has 3 aromatic carbocycles. The van der Waals surface area contributed by atoms with E-state index in [0.29, 0.717) is 28.7 Å². The summed E-state index contributed by atoms with van der Waals surface area (Å²) in [6.45, 7) is 0. The first-order valence-corrected chi connectivity index (χ1v) is 9.56. The predicted octanol–water partition coefficient (Wildman–Crippen LogP) is 5.10. The topological polar surface area (TPSA) is 68.0 Å². The molecule has 144 valence electrons. The number of nitrogens with zero attached hydrogens (tertiary/aromatic N) is 2. The molecule has 0 radical (unpaired) electrons. The van der Waals surface area contributed by atoms with E-state index >= 15 is 0 Å². The van der Waals surface area contributed by atoms with Crippen LogP contribution in [-0.4, -0.2) is 16.0 Å². The lowest BCUT2D eigenvalue weighted by atomic mass is 10.1. The fourth-order valence-corrected chi connectivity index (χ4v) is 3.10. The summed E-state index contributed by atoms with van der Waals surface area (Å²) in [7, 11) is 0. The highest BCUT2D eigenvalue weighted by molar-refractivity contribution is 6.30. The van der Waals surface area contributed by atoms with Crippen molar-refractivity contribution in [2.24, 2.45) is 0 Å². The quantitative estimate of drug-likeness (QED) is 0.486. The number of rotatable bonds is 6. The number of halogens is 1. The number of hydrogen-bond donors (Lipinski definition) is 1. The van der Waals surface area contributed by atoms with Gasteiger partial charge in [0.15, 0.2) is 0 Å². The van der Waals surface area contributed by atoms with Crippen molar-refractivity contribution in [2.75, 3.05) is 0 Å². The zero-order valence-electron chi connectivity index (χ0n) is 15.5. The maximum Gasteiger partial charge on any atom is 0.251 e. The first-order valence-electron chi connectivity index (χ1n) is 9.18. The minimum absolute atomic E-state index is 0.197. The maximum atomic E-state index is 12.7. The fourth-order valence-electron chi connectivity index (χ4n) is 2.97. The van der Waals surface area contributed by atoms with Gasteiger partial charge in [0, 0.05) is 22.6 Å². The minimum atomic E-state index is -0.460. The summed E-state index contributed by atoms with van der Waals surface area (Å²) in [6, 6.07) is 25.6. The molecule has 1 N–H and O–H groups in total. The number of carbonyl (C=O) groups excluding carboxylic acids is 1. The monoisotopic (exact) mass is 403 g/mol. The first kappa shape index (κ1) is 18.9. The van der Waals surface area contributed by atoms with Gasteiger partial charge in [0.1, 0.15) is 6.04 Å². The van der Waals surface area contributed by atoms with E-state index in [0.717, 1.165) is 11.1 Å². The summed E-state index contributed by atoms with van der Waals surface area (Å²) in [5.41, 5.74) is 2.41. The van der Waals surface area contributed by atoms with Crippen molar-refractivity contribution in [2.45, 2.75) is 12.5 Å². The molecular formula is C23H18ClN3O2. The molecule has 0 aliphatic rings. The number of nitrogens with one attached hydrogen (secondary N) is 1. The van der Waals surface area contributed by atoms with Crippen molar-refractivity contribution in [1.82, 2.24) is 15.5 Å². The van der Waals surface area contributed by atoms with E-state index in [-0.39, 0.29) is 5.91 Å². The fraction of sp³-hybridized carbons (Fsp3) is 0.0870. The summed E-state index contributed by atoms with van der Waals surface area (Å²) in [5.74, 6) is 0.601. The first-order chi connectivity index (χ1) is 14.2. The third-order valence-corrected chi connectivity index (χ3v) is 4.72. The largest absolute Gasteiger partial charge is 0.340 e. The third kappa shape index (κ3) is 4.70. The molecule has 1 aromatic heterocycles. The van der Waals surface area contributed by atoms with Gasteiger partial charge < -0.3 is 9.84 Å². The zero-order chi connectivity index (χ0) is 20.1. The van der Waals surface area contributed by atoms with Crippen molar-refractivity contribution >= 4 is 17.5 Å². The van der Waals surface area contributed by atoms with Gasteiger partial charge in [-0.25, -0.2) is 0 Å². The van der Waals surface area contributed by atoms with E-state index in [9.17, 15) is 4.79 Å². The van der Waals surface area contributed by atoms with E-state index in [1.165, 1.54) is 0 Å². The predicted molar refractivity (Wildman–Crippen MR) is 112 cm³/mol. The number of amides is 1. The highest BCUT2D eigenvalue weighted by atomic mass is 35.5. The lowest BCUT2D eigenvalue weighted by molar-refractivity contribution is 0.0928. The zero-order valence-corrected chi connectivity index (χ0v) is 16.2. The van der Waals surface area contributed by atoms with Crippen molar-refractivity contribution in [1.29, 1.82) is 0 Å². The Hall–Kier alpha value is -3.44. The Morgan fingerprint density at radius 2 is 1.59 bits per heavy atom. The van der Waals surface area contributed by atoms with Crippen molar-refractivity contribution < 1.29 is 9.32 Å². The summed E-state index contributed by atoms with van der Waals surface area (Å²) in [5, 5.41) is 7.73. The lowest BCUT2D eigenvalue weighted by Crippen LogP contribution is -2.30. The average Bonchev–Trinajstić information content (AvgIpc) is 3.25. The standard InChI is InChI=1S/C23H18ClN3O2/c24-19-13-11-17(12-14-19)21-26-23(29-27-21)20(15-16-7-3-1-4-8-16)25-22(28)18-9-5-2-6-10-18/h1-14,20H,15H2,(H,25,28)/t20-/m0/s1. The second-order valence-electron chi connectivity index (χ2n) is 6.54. The molecule has 0 unspecified atom stereocenters. The number of carbonyl (C=O) groups is 1. The van der Waals surface area contributed by atoms with E-state index in [4.69, 9.17) is 16.1 Å². The van der Waals surface area contributed by atoms with Crippen LogP contribution in [0.5, 0.6) is 0 Å². The molecule has 0 aliphatic carbocycles. The second-order valence-corrected chi connectivity index (χ2v) is 6.98. The molecule has 0 saturated heterocycles. The number of aromatic nitrogens is 2. The van der Waals surface area contributed by atoms with Gasteiger partial charge in [-0.15, -0.1) is 0 Å². The molecule has 1 heterocycles. The van der Waals surface area contributed by atoms with Gasteiger partial charge in [0.05, 0.1) is 0 Å².